The van der Waals surface area contributed by atoms with Gasteiger partial charge in [0.15, 0.2) is 0 Å². The van der Waals surface area contributed by atoms with Gasteiger partial charge in [0.1, 0.15) is 5.56 Å². The molecule has 3 aromatic rings. The number of aryl methyl sites for hydroxylation is 3. The van der Waals surface area contributed by atoms with Crippen LogP contribution in [0.5, 0.6) is 5.88 Å². The molecule has 0 amide bonds. The fraction of sp³-hybridized carbons (Fsp3) is 0.150. The minimum atomic E-state index is -0.730. The van der Waals surface area contributed by atoms with E-state index in [1.807, 2.05) is 32.9 Å². The Morgan fingerprint density at radius 3 is 2.37 bits per heavy atom. The highest BCUT2D eigenvalue weighted by molar-refractivity contribution is 6.33. The number of nitrogens with one attached hydrogen (secondary N) is 1. The first-order valence-electron chi connectivity index (χ1n) is 8.24. The smallest absolute Gasteiger partial charge is 0.335 e. The molecule has 0 spiro atoms. The van der Waals surface area contributed by atoms with Crippen LogP contribution in [0.1, 0.15) is 22.3 Å². The Morgan fingerprint density at radius 1 is 1.11 bits per heavy atom. The number of nitrogens with zero attached hydrogens (tertiary/aromatic N) is 2. The predicted octanol–water partition coefficient (Wildman–Crippen LogP) is 3.56. The summed E-state index contributed by atoms with van der Waals surface area (Å²) in [5, 5.41) is 11.1. The maximum absolute atomic E-state index is 12.4. The molecule has 3 rings (SSSR count). The molecule has 27 heavy (non-hydrogen) atoms. The minimum Gasteiger partial charge on any atom is -0.493 e. The fourth-order valence-corrected chi connectivity index (χ4v) is 3.26. The Morgan fingerprint density at radius 2 is 1.74 bits per heavy atom. The lowest BCUT2D eigenvalue weighted by Crippen LogP contribution is -2.32. The number of aliphatic imine (C=N–C) groups is 1. The van der Waals surface area contributed by atoms with Crippen molar-refractivity contribution in [3.63, 3.8) is 0 Å². The van der Waals surface area contributed by atoms with Gasteiger partial charge in [-0.1, -0.05) is 41.4 Å². The van der Waals surface area contributed by atoms with Crippen LogP contribution in [0, 0.1) is 20.8 Å². The molecular weight excluding hydrogens is 366 g/mol. The van der Waals surface area contributed by atoms with Gasteiger partial charge >= 0.3 is 5.69 Å². The summed E-state index contributed by atoms with van der Waals surface area (Å²) in [4.78, 5) is 31.0. The normalized spacial score (nSPS) is 11.3. The molecule has 138 valence electrons. The zero-order valence-corrected chi connectivity index (χ0v) is 15.8. The van der Waals surface area contributed by atoms with Crippen LogP contribution in [0.2, 0.25) is 5.02 Å². The van der Waals surface area contributed by atoms with Crippen LogP contribution in [0.4, 0.5) is 5.69 Å². The zero-order valence-electron chi connectivity index (χ0n) is 15.1. The molecular formula is C20H18ClN3O3. The van der Waals surface area contributed by atoms with E-state index >= 15 is 0 Å². The molecule has 1 heterocycles. The molecule has 7 heteroatoms. The number of hydrogen-bond acceptors (Lipinski definition) is 4. The zero-order chi connectivity index (χ0) is 19.7. The SMILES string of the molecule is Cc1cc(C)c(-n2c(O)c(C=Nc3ccccc3Cl)c(=O)[nH]c2=O)c(C)c1. The van der Waals surface area contributed by atoms with Gasteiger partial charge in [0.2, 0.25) is 5.88 Å². The first-order chi connectivity index (χ1) is 12.8. The van der Waals surface area contributed by atoms with Crippen molar-refractivity contribution >= 4 is 23.5 Å². The number of aromatic amines is 1. The molecule has 0 unspecified atom stereocenters. The third-order valence-corrected chi connectivity index (χ3v) is 4.48. The van der Waals surface area contributed by atoms with Crippen LogP contribution in [-0.4, -0.2) is 20.9 Å². The van der Waals surface area contributed by atoms with E-state index in [1.165, 1.54) is 6.21 Å². The predicted molar refractivity (Wildman–Crippen MR) is 107 cm³/mol. The summed E-state index contributed by atoms with van der Waals surface area (Å²) in [5.41, 5.74) is 2.01. The van der Waals surface area contributed by atoms with Gasteiger partial charge in [-0.15, -0.1) is 0 Å². The van der Waals surface area contributed by atoms with Gasteiger partial charge in [-0.2, -0.15) is 0 Å². The van der Waals surface area contributed by atoms with Crippen molar-refractivity contribution < 1.29 is 5.11 Å². The molecule has 6 nitrogen and oxygen atoms in total. The largest absolute Gasteiger partial charge is 0.493 e. The number of H-pyrrole nitrogens is 1. The van der Waals surface area contributed by atoms with Crippen LogP contribution in [0.3, 0.4) is 0 Å². The molecule has 0 aliphatic carbocycles. The number of halogens is 1. The van der Waals surface area contributed by atoms with Gasteiger partial charge in [0.05, 0.1) is 16.4 Å². The Bertz CT molecular complexity index is 1150. The van der Waals surface area contributed by atoms with E-state index in [2.05, 4.69) is 9.98 Å². The van der Waals surface area contributed by atoms with Crippen LogP contribution in [-0.2, 0) is 0 Å². The van der Waals surface area contributed by atoms with Crippen molar-refractivity contribution in [2.45, 2.75) is 20.8 Å². The summed E-state index contributed by atoms with van der Waals surface area (Å²) in [7, 11) is 0. The Labute approximate surface area is 160 Å². The summed E-state index contributed by atoms with van der Waals surface area (Å²) in [5.74, 6) is -0.477. The van der Waals surface area contributed by atoms with Gasteiger partial charge in [0, 0.05) is 6.21 Å². The van der Waals surface area contributed by atoms with Crippen molar-refractivity contribution in [3.05, 3.63) is 84.5 Å². The van der Waals surface area contributed by atoms with Gasteiger partial charge in [-0.05, 0) is 44.0 Å². The Balaban J connectivity index is 2.23. The standard InChI is InChI=1S/C20H18ClN3O3/c1-11-8-12(2)17(13(3)9-11)24-19(26)14(18(25)23-20(24)27)10-22-16-7-5-4-6-15(16)21/h4-10,26H,1-3H3,(H,23,25,27). The minimum absolute atomic E-state index is 0.131. The van der Waals surface area contributed by atoms with Crippen molar-refractivity contribution in [2.24, 2.45) is 4.99 Å². The molecule has 0 aliphatic heterocycles. The van der Waals surface area contributed by atoms with Crippen molar-refractivity contribution in [3.8, 4) is 11.6 Å². The number of aromatic nitrogens is 2. The average molecular weight is 384 g/mol. The average Bonchev–Trinajstić information content (AvgIpc) is 2.58. The van der Waals surface area contributed by atoms with E-state index in [9.17, 15) is 14.7 Å². The van der Waals surface area contributed by atoms with Gasteiger partial charge in [-0.25, -0.2) is 9.36 Å². The van der Waals surface area contributed by atoms with Crippen LogP contribution in [0.15, 0.2) is 51.0 Å². The van der Waals surface area contributed by atoms with Crippen LogP contribution < -0.4 is 11.2 Å². The third kappa shape index (κ3) is 3.57. The molecule has 0 atom stereocenters. The monoisotopic (exact) mass is 383 g/mol. The first kappa shape index (κ1) is 18.7. The first-order valence-corrected chi connectivity index (χ1v) is 8.62. The van der Waals surface area contributed by atoms with E-state index in [-0.39, 0.29) is 5.56 Å². The number of benzene rings is 2. The maximum atomic E-state index is 12.4. The van der Waals surface area contributed by atoms with E-state index in [0.29, 0.717) is 16.4 Å². The van der Waals surface area contributed by atoms with Gasteiger partial charge in [0.25, 0.3) is 5.56 Å². The summed E-state index contributed by atoms with van der Waals surface area (Å²) >= 11 is 6.06. The van der Waals surface area contributed by atoms with E-state index < -0.39 is 17.1 Å². The molecule has 2 N–H and O–H groups in total. The lowest BCUT2D eigenvalue weighted by atomic mass is 10.0. The molecule has 0 saturated carbocycles. The van der Waals surface area contributed by atoms with Crippen molar-refractivity contribution in [1.29, 1.82) is 0 Å². The molecule has 2 aromatic carbocycles. The van der Waals surface area contributed by atoms with Crippen molar-refractivity contribution in [1.82, 2.24) is 9.55 Å². The van der Waals surface area contributed by atoms with Gasteiger partial charge < -0.3 is 5.11 Å². The second-order valence-electron chi connectivity index (χ2n) is 6.29. The highest BCUT2D eigenvalue weighted by Crippen LogP contribution is 2.26. The Kier molecular flexibility index (Phi) is 5.01. The summed E-state index contributed by atoms with van der Waals surface area (Å²) < 4.78 is 1.08. The van der Waals surface area contributed by atoms with Crippen LogP contribution >= 0.6 is 11.6 Å². The topological polar surface area (TPSA) is 87.4 Å². The summed E-state index contributed by atoms with van der Waals surface area (Å²) in [6.45, 7) is 5.62. The number of aromatic hydroxyl groups is 1. The molecule has 0 fully saturated rings. The second kappa shape index (κ2) is 7.25. The highest BCUT2D eigenvalue weighted by atomic mass is 35.5. The van der Waals surface area contributed by atoms with Gasteiger partial charge in [-0.3, -0.25) is 14.8 Å². The maximum Gasteiger partial charge on any atom is 0.335 e. The molecule has 0 saturated heterocycles. The number of hydrogen-bond donors (Lipinski definition) is 2. The number of para-hydroxylation sites is 1. The molecule has 1 aromatic heterocycles. The van der Waals surface area contributed by atoms with E-state index in [4.69, 9.17) is 11.6 Å². The lowest BCUT2D eigenvalue weighted by molar-refractivity contribution is 0.429. The van der Waals surface area contributed by atoms with E-state index in [1.54, 1.807) is 24.3 Å². The third-order valence-electron chi connectivity index (χ3n) is 4.17. The number of rotatable bonds is 3. The van der Waals surface area contributed by atoms with Crippen LogP contribution in [0.25, 0.3) is 5.69 Å². The Hall–Kier alpha value is -3.12. The summed E-state index contributed by atoms with van der Waals surface area (Å²) in [6, 6.07) is 10.7. The molecule has 0 aliphatic rings. The van der Waals surface area contributed by atoms with Crippen molar-refractivity contribution in [2.75, 3.05) is 0 Å². The molecule has 0 radical (unpaired) electrons. The van der Waals surface area contributed by atoms with E-state index in [0.717, 1.165) is 21.3 Å². The second-order valence-corrected chi connectivity index (χ2v) is 6.70. The lowest BCUT2D eigenvalue weighted by Gasteiger charge is -2.15. The highest BCUT2D eigenvalue weighted by Gasteiger charge is 2.17. The summed E-state index contributed by atoms with van der Waals surface area (Å²) in [6.07, 6.45) is 1.20. The molecule has 0 bridgehead atoms. The fourth-order valence-electron chi connectivity index (χ4n) is 3.08. The quantitative estimate of drug-likeness (QED) is 0.678.